The lowest BCUT2D eigenvalue weighted by Crippen LogP contribution is -2.36. The highest BCUT2D eigenvalue weighted by Crippen LogP contribution is 2.43. The molecular weight excluding hydrogens is 316 g/mol. The molecule has 0 unspecified atom stereocenters. The van der Waals surface area contributed by atoms with Crippen molar-refractivity contribution in [1.82, 2.24) is 4.90 Å². The predicted molar refractivity (Wildman–Crippen MR) is 95.6 cm³/mol. The maximum absolute atomic E-state index is 12.7. The van der Waals surface area contributed by atoms with Crippen LogP contribution in [0.1, 0.15) is 38.5 Å². The fraction of sp³-hybridized carbons (Fsp3) is 0.600. The zero-order valence-electron chi connectivity index (χ0n) is 14.9. The molecule has 1 aromatic rings. The molecule has 134 valence electrons. The summed E-state index contributed by atoms with van der Waals surface area (Å²) < 4.78 is 5.28. The average Bonchev–Trinajstić information content (AvgIpc) is 3.36. The number of hydrogen-bond donors (Lipinski definition) is 0. The van der Waals surface area contributed by atoms with Gasteiger partial charge in [-0.15, -0.1) is 0 Å². The second-order valence-corrected chi connectivity index (χ2v) is 7.85. The molecular formula is C20H26N2O3. The Bertz CT molecular complexity index is 683. The number of carbonyl (C=O) groups is 2. The molecule has 2 amide bonds. The number of amides is 2. The van der Waals surface area contributed by atoms with E-state index in [2.05, 4.69) is 0 Å². The zero-order chi connectivity index (χ0) is 17.4. The van der Waals surface area contributed by atoms with E-state index in [9.17, 15) is 9.59 Å². The Hall–Kier alpha value is -2.04. The summed E-state index contributed by atoms with van der Waals surface area (Å²) in [5.41, 5.74) is 0.816. The van der Waals surface area contributed by atoms with E-state index in [-0.39, 0.29) is 17.2 Å². The summed E-state index contributed by atoms with van der Waals surface area (Å²) in [6.45, 7) is 2.23. The van der Waals surface area contributed by atoms with Gasteiger partial charge in [-0.05, 0) is 31.4 Å². The first-order valence-corrected chi connectivity index (χ1v) is 9.33. The fourth-order valence-electron chi connectivity index (χ4n) is 4.74. The average molecular weight is 342 g/mol. The first-order valence-electron chi connectivity index (χ1n) is 9.33. The summed E-state index contributed by atoms with van der Waals surface area (Å²) in [4.78, 5) is 29.3. The Labute approximate surface area is 148 Å². The summed E-state index contributed by atoms with van der Waals surface area (Å²) in [6.07, 6.45) is 5.90. The van der Waals surface area contributed by atoms with Gasteiger partial charge >= 0.3 is 0 Å². The molecule has 3 fully saturated rings. The van der Waals surface area contributed by atoms with E-state index in [1.165, 1.54) is 12.8 Å². The van der Waals surface area contributed by atoms with Crippen molar-refractivity contribution in [2.24, 2.45) is 11.3 Å². The number of benzene rings is 1. The molecule has 0 N–H and O–H groups in total. The molecule has 3 aliphatic rings. The van der Waals surface area contributed by atoms with E-state index in [0.29, 0.717) is 18.9 Å². The maximum atomic E-state index is 12.7. The van der Waals surface area contributed by atoms with Crippen molar-refractivity contribution in [2.45, 2.75) is 38.5 Å². The third-order valence-electron chi connectivity index (χ3n) is 6.14. The van der Waals surface area contributed by atoms with Crippen LogP contribution in [0.4, 0.5) is 5.69 Å². The van der Waals surface area contributed by atoms with Crippen LogP contribution < -0.4 is 9.64 Å². The highest BCUT2D eigenvalue weighted by molar-refractivity contribution is 5.96. The molecule has 2 aliphatic heterocycles. The van der Waals surface area contributed by atoms with E-state index in [1.54, 1.807) is 7.11 Å². The van der Waals surface area contributed by atoms with Gasteiger partial charge in [0.05, 0.1) is 7.11 Å². The lowest BCUT2D eigenvalue weighted by Gasteiger charge is -2.25. The van der Waals surface area contributed by atoms with Crippen molar-refractivity contribution in [3.8, 4) is 5.75 Å². The number of ether oxygens (including phenoxy) is 1. The number of nitrogens with zero attached hydrogens (tertiary/aromatic N) is 2. The molecule has 0 bridgehead atoms. The molecule has 5 nitrogen and oxygen atoms in total. The van der Waals surface area contributed by atoms with Gasteiger partial charge in [-0.3, -0.25) is 9.59 Å². The van der Waals surface area contributed by atoms with Gasteiger partial charge < -0.3 is 14.5 Å². The maximum Gasteiger partial charge on any atom is 0.227 e. The summed E-state index contributed by atoms with van der Waals surface area (Å²) in [5, 5.41) is 0. The number of likely N-dealkylation sites (tertiary alicyclic amines) is 1. The third-order valence-corrected chi connectivity index (χ3v) is 6.14. The van der Waals surface area contributed by atoms with Crippen LogP contribution in [0.2, 0.25) is 0 Å². The SMILES string of the molecule is COc1cccc(N2C[C@@]3(CCN(C(=O)C4CCCC4)C3)CC2=O)c1. The van der Waals surface area contributed by atoms with Crippen LogP contribution in [-0.2, 0) is 9.59 Å². The number of hydrogen-bond acceptors (Lipinski definition) is 3. The van der Waals surface area contributed by atoms with Crippen molar-refractivity contribution in [1.29, 1.82) is 0 Å². The van der Waals surface area contributed by atoms with Crippen molar-refractivity contribution >= 4 is 17.5 Å². The Morgan fingerprint density at radius 1 is 1.24 bits per heavy atom. The van der Waals surface area contributed by atoms with E-state index in [4.69, 9.17) is 4.74 Å². The minimum atomic E-state index is -0.0750. The van der Waals surface area contributed by atoms with Crippen molar-refractivity contribution in [2.75, 3.05) is 31.6 Å². The number of carbonyl (C=O) groups excluding carboxylic acids is 2. The Kier molecular flexibility index (Phi) is 4.18. The molecule has 2 saturated heterocycles. The summed E-state index contributed by atoms with van der Waals surface area (Å²) in [6, 6.07) is 7.66. The monoisotopic (exact) mass is 342 g/mol. The predicted octanol–water partition coefficient (Wildman–Crippen LogP) is 2.84. The second kappa shape index (κ2) is 6.36. The van der Waals surface area contributed by atoms with Crippen molar-refractivity contribution < 1.29 is 14.3 Å². The van der Waals surface area contributed by atoms with Gasteiger partial charge in [-0.2, -0.15) is 0 Å². The van der Waals surface area contributed by atoms with Gasteiger partial charge in [0.15, 0.2) is 0 Å². The number of methoxy groups -OCH3 is 1. The van der Waals surface area contributed by atoms with E-state index < -0.39 is 0 Å². The lowest BCUT2D eigenvalue weighted by atomic mass is 9.86. The minimum Gasteiger partial charge on any atom is -0.497 e. The Morgan fingerprint density at radius 2 is 2.04 bits per heavy atom. The van der Waals surface area contributed by atoms with Crippen LogP contribution in [0.25, 0.3) is 0 Å². The molecule has 1 aliphatic carbocycles. The summed E-state index contributed by atoms with van der Waals surface area (Å²) >= 11 is 0. The van der Waals surface area contributed by atoms with Crippen LogP contribution in [-0.4, -0.2) is 43.5 Å². The molecule has 2 heterocycles. The van der Waals surface area contributed by atoms with Gasteiger partial charge in [0.2, 0.25) is 11.8 Å². The van der Waals surface area contributed by atoms with E-state index in [1.807, 2.05) is 34.1 Å². The number of anilines is 1. The van der Waals surface area contributed by atoms with Gasteiger partial charge in [-0.1, -0.05) is 18.9 Å². The zero-order valence-corrected chi connectivity index (χ0v) is 14.9. The molecule has 5 heteroatoms. The highest BCUT2D eigenvalue weighted by Gasteiger charge is 2.49. The van der Waals surface area contributed by atoms with Crippen LogP contribution in [0.15, 0.2) is 24.3 Å². The van der Waals surface area contributed by atoms with E-state index in [0.717, 1.165) is 43.8 Å². The largest absolute Gasteiger partial charge is 0.497 e. The second-order valence-electron chi connectivity index (χ2n) is 7.85. The molecule has 1 spiro atoms. The molecule has 4 rings (SSSR count). The smallest absolute Gasteiger partial charge is 0.227 e. The minimum absolute atomic E-state index is 0.0750. The van der Waals surface area contributed by atoms with Crippen LogP contribution >= 0.6 is 0 Å². The van der Waals surface area contributed by atoms with Crippen molar-refractivity contribution in [3.63, 3.8) is 0 Å². The van der Waals surface area contributed by atoms with Gasteiger partial charge in [-0.25, -0.2) is 0 Å². The van der Waals surface area contributed by atoms with Crippen LogP contribution in [0, 0.1) is 11.3 Å². The Morgan fingerprint density at radius 3 is 2.80 bits per heavy atom. The first kappa shape index (κ1) is 16.4. The normalized spacial score (nSPS) is 26.8. The standard InChI is InChI=1S/C20H26N2O3/c1-25-17-8-4-7-16(11-17)22-14-20(12-18(22)23)9-10-21(13-20)19(24)15-5-2-3-6-15/h4,7-8,11,15H,2-3,5-6,9-10,12-14H2,1H3/t20-/m0/s1. The first-order chi connectivity index (χ1) is 12.1. The van der Waals surface area contributed by atoms with Crippen LogP contribution in [0.5, 0.6) is 5.75 Å². The molecule has 1 saturated carbocycles. The van der Waals surface area contributed by atoms with Crippen molar-refractivity contribution in [3.05, 3.63) is 24.3 Å². The number of rotatable bonds is 3. The fourth-order valence-corrected chi connectivity index (χ4v) is 4.74. The Balaban J connectivity index is 1.47. The highest BCUT2D eigenvalue weighted by atomic mass is 16.5. The molecule has 0 aromatic heterocycles. The van der Waals surface area contributed by atoms with Gasteiger partial charge in [0.1, 0.15) is 5.75 Å². The summed E-state index contributed by atoms with van der Waals surface area (Å²) in [5.74, 6) is 1.46. The molecule has 0 radical (unpaired) electrons. The van der Waals surface area contributed by atoms with Gasteiger partial charge in [0, 0.05) is 49.1 Å². The molecule has 1 aromatic carbocycles. The topological polar surface area (TPSA) is 49.9 Å². The quantitative estimate of drug-likeness (QED) is 0.849. The molecule has 25 heavy (non-hydrogen) atoms. The summed E-state index contributed by atoms with van der Waals surface area (Å²) in [7, 11) is 1.63. The lowest BCUT2D eigenvalue weighted by molar-refractivity contribution is -0.134. The van der Waals surface area contributed by atoms with Crippen LogP contribution in [0.3, 0.4) is 0 Å². The van der Waals surface area contributed by atoms with E-state index >= 15 is 0 Å². The third kappa shape index (κ3) is 3.00. The molecule has 1 atom stereocenters. The van der Waals surface area contributed by atoms with Gasteiger partial charge in [0.25, 0.3) is 0 Å².